The predicted octanol–water partition coefficient (Wildman–Crippen LogP) is 0.555. The van der Waals surface area contributed by atoms with Crippen molar-refractivity contribution in [3.63, 3.8) is 0 Å². The van der Waals surface area contributed by atoms with Gasteiger partial charge >= 0.3 is 12.0 Å². The van der Waals surface area contributed by atoms with E-state index >= 15 is 0 Å². The quantitative estimate of drug-likeness (QED) is 0.635. The van der Waals surface area contributed by atoms with Gasteiger partial charge in [-0.1, -0.05) is 24.9 Å². The van der Waals surface area contributed by atoms with Crippen LogP contribution in [0.4, 0.5) is 4.79 Å². The molecule has 1 atom stereocenters. The van der Waals surface area contributed by atoms with Crippen molar-refractivity contribution in [1.29, 1.82) is 0 Å². The van der Waals surface area contributed by atoms with Crippen molar-refractivity contribution in [1.82, 2.24) is 20.8 Å². The maximum atomic E-state index is 11.5. The summed E-state index contributed by atoms with van der Waals surface area (Å²) >= 11 is 0. The van der Waals surface area contributed by atoms with E-state index in [-0.39, 0.29) is 0 Å². The number of urea groups is 1. The predicted molar refractivity (Wildman–Crippen MR) is 65.5 cm³/mol. The highest BCUT2D eigenvalue weighted by molar-refractivity contribution is 5.82. The zero-order valence-corrected chi connectivity index (χ0v) is 10.8. The normalized spacial score (nSPS) is 11.8. The zero-order chi connectivity index (χ0) is 14.1. The van der Waals surface area contributed by atoms with Crippen molar-refractivity contribution in [3.8, 4) is 0 Å². The Kier molecular flexibility index (Phi) is 6.34. The summed E-state index contributed by atoms with van der Waals surface area (Å²) in [5.41, 5.74) is 0. The number of hydrogen-bond donors (Lipinski definition) is 3. The summed E-state index contributed by atoms with van der Waals surface area (Å²) in [6.07, 6.45) is 3.69. The van der Waals surface area contributed by atoms with Gasteiger partial charge in [0.05, 0.1) is 0 Å². The molecule has 0 fully saturated rings. The number of nitrogens with one attached hydrogen (secondary N) is 2. The van der Waals surface area contributed by atoms with Gasteiger partial charge in [-0.15, -0.1) is 0 Å². The van der Waals surface area contributed by atoms with E-state index in [0.717, 1.165) is 12.8 Å². The van der Waals surface area contributed by atoms with Gasteiger partial charge in [0.15, 0.2) is 5.82 Å². The highest BCUT2D eigenvalue weighted by atomic mass is 16.5. The third-order valence-corrected chi connectivity index (χ3v) is 2.49. The van der Waals surface area contributed by atoms with Gasteiger partial charge in [0.1, 0.15) is 6.04 Å². The van der Waals surface area contributed by atoms with Crippen LogP contribution in [-0.4, -0.2) is 39.8 Å². The van der Waals surface area contributed by atoms with Crippen LogP contribution in [-0.2, 0) is 11.2 Å². The SMILES string of the molecule is CCCCC(NC(=O)NCCc1ncon1)C(=O)O. The first-order valence-corrected chi connectivity index (χ1v) is 6.16. The lowest BCUT2D eigenvalue weighted by atomic mass is 10.1. The van der Waals surface area contributed by atoms with Crippen LogP contribution in [0.25, 0.3) is 0 Å². The molecule has 2 amide bonds. The summed E-state index contributed by atoms with van der Waals surface area (Å²) in [4.78, 5) is 26.2. The molecule has 0 aliphatic carbocycles. The van der Waals surface area contributed by atoms with Gasteiger partial charge in [0.2, 0.25) is 6.39 Å². The molecule has 106 valence electrons. The molecule has 8 nitrogen and oxygen atoms in total. The zero-order valence-electron chi connectivity index (χ0n) is 10.8. The number of unbranched alkanes of at least 4 members (excludes halogenated alkanes) is 1. The summed E-state index contributed by atoms with van der Waals surface area (Å²) in [5.74, 6) is -0.539. The molecule has 0 saturated carbocycles. The van der Waals surface area contributed by atoms with Gasteiger partial charge in [-0.05, 0) is 6.42 Å². The number of aliphatic carboxylic acids is 1. The summed E-state index contributed by atoms with van der Waals surface area (Å²) < 4.78 is 4.55. The minimum atomic E-state index is -1.03. The van der Waals surface area contributed by atoms with Crippen molar-refractivity contribution >= 4 is 12.0 Å². The highest BCUT2D eigenvalue weighted by Crippen LogP contribution is 2.00. The van der Waals surface area contributed by atoms with Gasteiger partial charge in [-0.25, -0.2) is 9.59 Å². The molecular formula is C11H18N4O4. The summed E-state index contributed by atoms with van der Waals surface area (Å²) in [6.45, 7) is 2.27. The van der Waals surface area contributed by atoms with Gasteiger partial charge < -0.3 is 20.3 Å². The number of carbonyl (C=O) groups excluding carboxylic acids is 1. The average Bonchev–Trinajstić information content (AvgIpc) is 2.87. The fourth-order valence-corrected chi connectivity index (χ4v) is 1.47. The second-order valence-electron chi connectivity index (χ2n) is 4.03. The van der Waals surface area contributed by atoms with Crippen LogP contribution in [0.3, 0.4) is 0 Å². The van der Waals surface area contributed by atoms with E-state index in [1.807, 2.05) is 6.92 Å². The first-order chi connectivity index (χ1) is 9.13. The molecule has 1 unspecified atom stereocenters. The molecule has 0 aliphatic rings. The molecule has 0 bridgehead atoms. The fourth-order valence-electron chi connectivity index (χ4n) is 1.47. The Morgan fingerprint density at radius 3 is 2.89 bits per heavy atom. The van der Waals surface area contributed by atoms with Crippen LogP contribution in [0.1, 0.15) is 32.0 Å². The van der Waals surface area contributed by atoms with Crippen LogP contribution < -0.4 is 10.6 Å². The van der Waals surface area contributed by atoms with E-state index in [2.05, 4.69) is 25.3 Å². The molecular weight excluding hydrogens is 252 g/mol. The van der Waals surface area contributed by atoms with Gasteiger partial charge in [0, 0.05) is 13.0 Å². The molecule has 8 heteroatoms. The lowest BCUT2D eigenvalue weighted by molar-refractivity contribution is -0.139. The van der Waals surface area contributed by atoms with Crippen molar-refractivity contribution in [3.05, 3.63) is 12.2 Å². The van der Waals surface area contributed by atoms with Crippen molar-refractivity contribution in [2.75, 3.05) is 6.54 Å². The minimum absolute atomic E-state index is 0.311. The summed E-state index contributed by atoms with van der Waals surface area (Å²) in [7, 11) is 0. The molecule has 0 aromatic carbocycles. The third-order valence-electron chi connectivity index (χ3n) is 2.49. The Morgan fingerprint density at radius 1 is 1.53 bits per heavy atom. The molecule has 0 aliphatic heterocycles. The molecule has 3 N–H and O–H groups in total. The molecule has 0 spiro atoms. The van der Waals surface area contributed by atoms with Crippen LogP contribution in [0.15, 0.2) is 10.9 Å². The topological polar surface area (TPSA) is 117 Å². The number of carboxylic acids is 1. The summed E-state index contributed by atoms with van der Waals surface area (Å²) in [6, 6.07) is -1.36. The van der Waals surface area contributed by atoms with Gasteiger partial charge in [-0.3, -0.25) is 0 Å². The molecule has 0 radical (unpaired) electrons. The number of carboxylic acid groups (broad SMARTS) is 1. The Bertz CT molecular complexity index is 393. The van der Waals surface area contributed by atoms with Crippen LogP contribution in [0.2, 0.25) is 0 Å². The van der Waals surface area contributed by atoms with Crippen molar-refractivity contribution < 1.29 is 19.2 Å². The Morgan fingerprint density at radius 2 is 2.32 bits per heavy atom. The Labute approximate surface area is 110 Å². The molecule has 1 aromatic rings. The molecule has 1 heterocycles. The maximum absolute atomic E-state index is 11.5. The van der Waals surface area contributed by atoms with Crippen molar-refractivity contribution in [2.24, 2.45) is 0 Å². The van der Waals surface area contributed by atoms with E-state index in [1.54, 1.807) is 0 Å². The Balaban J connectivity index is 2.25. The van der Waals surface area contributed by atoms with Crippen molar-refractivity contribution in [2.45, 2.75) is 38.6 Å². The van der Waals surface area contributed by atoms with E-state index < -0.39 is 18.0 Å². The Hall–Kier alpha value is -2.12. The summed E-state index contributed by atoms with van der Waals surface area (Å²) in [5, 5.41) is 17.5. The smallest absolute Gasteiger partial charge is 0.326 e. The first kappa shape index (κ1) is 14.9. The number of rotatable bonds is 8. The average molecular weight is 270 g/mol. The second-order valence-corrected chi connectivity index (χ2v) is 4.03. The van der Waals surface area contributed by atoms with E-state index in [4.69, 9.17) is 5.11 Å². The van der Waals surface area contributed by atoms with E-state index in [9.17, 15) is 9.59 Å². The number of amides is 2. The molecule has 1 rings (SSSR count). The number of carbonyl (C=O) groups is 2. The van der Waals surface area contributed by atoms with E-state index in [0.29, 0.717) is 25.2 Å². The number of nitrogens with zero attached hydrogens (tertiary/aromatic N) is 2. The second kappa shape index (κ2) is 8.06. The number of aromatic nitrogens is 2. The monoisotopic (exact) mass is 270 g/mol. The third kappa shape index (κ3) is 5.84. The lowest BCUT2D eigenvalue weighted by Crippen LogP contribution is -2.46. The largest absolute Gasteiger partial charge is 0.480 e. The fraction of sp³-hybridized carbons (Fsp3) is 0.636. The minimum Gasteiger partial charge on any atom is -0.480 e. The highest BCUT2D eigenvalue weighted by Gasteiger charge is 2.18. The van der Waals surface area contributed by atoms with Crippen LogP contribution in [0.5, 0.6) is 0 Å². The van der Waals surface area contributed by atoms with Gasteiger partial charge in [-0.2, -0.15) is 4.98 Å². The molecule has 19 heavy (non-hydrogen) atoms. The van der Waals surface area contributed by atoms with Crippen LogP contribution >= 0.6 is 0 Å². The first-order valence-electron chi connectivity index (χ1n) is 6.16. The molecule has 0 saturated heterocycles. The maximum Gasteiger partial charge on any atom is 0.326 e. The number of hydrogen-bond acceptors (Lipinski definition) is 5. The van der Waals surface area contributed by atoms with Gasteiger partial charge in [0.25, 0.3) is 0 Å². The lowest BCUT2D eigenvalue weighted by Gasteiger charge is -2.14. The van der Waals surface area contributed by atoms with E-state index in [1.165, 1.54) is 6.39 Å². The standard InChI is InChI=1S/C11H18N4O4/c1-2-3-4-8(10(16)17)14-11(18)12-6-5-9-13-7-19-15-9/h7-8H,2-6H2,1H3,(H,16,17)(H2,12,14,18). The van der Waals surface area contributed by atoms with Crippen LogP contribution in [0, 0.1) is 0 Å². The molecule has 1 aromatic heterocycles.